The Hall–Kier alpha value is -1.40. The molecular weight excluding hydrogens is 310 g/mol. The number of nitrogens with zero attached hydrogens (tertiary/aromatic N) is 2. The van der Waals surface area contributed by atoms with Gasteiger partial charge in [-0.1, -0.05) is 5.16 Å². The summed E-state index contributed by atoms with van der Waals surface area (Å²) in [7, 11) is 1.69. The van der Waals surface area contributed by atoms with Gasteiger partial charge in [0.25, 0.3) is 5.89 Å². The van der Waals surface area contributed by atoms with E-state index in [0.717, 1.165) is 29.3 Å². The number of ether oxygens (including phenoxy) is 1. The van der Waals surface area contributed by atoms with Crippen molar-refractivity contribution in [2.45, 2.75) is 24.9 Å². The lowest BCUT2D eigenvalue weighted by atomic mass is 9.79. The molecule has 0 unspecified atom stereocenters. The molecule has 1 heterocycles. The molecule has 0 amide bonds. The first-order valence-electron chi connectivity index (χ1n) is 6.09. The maximum absolute atomic E-state index is 5.85. The number of halogens is 1. The van der Waals surface area contributed by atoms with E-state index in [1.807, 2.05) is 18.2 Å². The lowest BCUT2D eigenvalue weighted by molar-refractivity contribution is -0.0858. The summed E-state index contributed by atoms with van der Waals surface area (Å²) < 4.78 is 11.7. The van der Waals surface area contributed by atoms with Crippen LogP contribution in [0.3, 0.4) is 0 Å². The average molecular weight is 324 g/mol. The van der Waals surface area contributed by atoms with Gasteiger partial charge in [0.05, 0.1) is 0 Å². The highest BCUT2D eigenvalue weighted by Gasteiger charge is 2.43. The molecule has 1 saturated carbocycles. The van der Waals surface area contributed by atoms with Crippen LogP contribution >= 0.6 is 15.9 Å². The van der Waals surface area contributed by atoms with E-state index in [0.29, 0.717) is 17.4 Å². The van der Waals surface area contributed by atoms with Crippen LogP contribution in [-0.2, 0) is 10.3 Å². The largest absolute Gasteiger partial charge is 0.398 e. The predicted octanol–water partition coefficient (Wildman–Crippen LogP) is 3.11. The number of hydrogen-bond acceptors (Lipinski definition) is 5. The molecule has 3 rings (SSSR count). The van der Waals surface area contributed by atoms with Crippen molar-refractivity contribution in [3.8, 4) is 11.5 Å². The summed E-state index contributed by atoms with van der Waals surface area (Å²) in [6, 6.07) is 5.56. The Balaban J connectivity index is 1.94. The zero-order chi connectivity index (χ0) is 13.5. The first-order chi connectivity index (χ1) is 9.14. The molecular formula is C13H14BrN3O2. The standard InChI is InChI=1S/C13H14BrN3O2/c1-18-13(5-2-6-13)12-16-11(19-17-12)8-3-4-9(14)10(15)7-8/h3-4,7H,2,5-6,15H2,1H3. The summed E-state index contributed by atoms with van der Waals surface area (Å²) in [5.41, 5.74) is 6.95. The number of benzene rings is 1. The Morgan fingerprint density at radius 2 is 2.21 bits per heavy atom. The van der Waals surface area contributed by atoms with E-state index in [9.17, 15) is 0 Å². The van der Waals surface area contributed by atoms with E-state index in [2.05, 4.69) is 26.1 Å². The van der Waals surface area contributed by atoms with Gasteiger partial charge in [0, 0.05) is 22.8 Å². The molecule has 1 aromatic heterocycles. The second kappa shape index (κ2) is 4.61. The van der Waals surface area contributed by atoms with Crippen LogP contribution in [0.5, 0.6) is 0 Å². The van der Waals surface area contributed by atoms with Crippen molar-refractivity contribution >= 4 is 21.6 Å². The Morgan fingerprint density at radius 1 is 1.42 bits per heavy atom. The molecule has 6 heteroatoms. The van der Waals surface area contributed by atoms with E-state index in [-0.39, 0.29) is 5.60 Å². The number of rotatable bonds is 3. The molecule has 0 radical (unpaired) electrons. The number of anilines is 1. The van der Waals surface area contributed by atoms with Crippen LogP contribution in [0.25, 0.3) is 11.5 Å². The Kier molecular flexibility index (Phi) is 3.06. The van der Waals surface area contributed by atoms with Crippen molar-refractivity contribution in [1.29, 1.82) is 0 Å². The van der Waals surface area contributed by atoms with Crippen LogP contribution < -0.4 is 5.73 Å². The minimum Gasteiger partial charge on any atom is -0.398 e. The maximum atomic E-state index is 5.85. The van der Waals surface area contributed by atoms with E-state index >= 15 is 0 Å². The van der Waals surface area contributed by atoms with Crippen LogP contribution in [0.15, 0.2) is 27.2 Å². The molecule has 5 nitrogen and oxygen atoms in total. The SMILES string of the molecule is COC1(c2noc(-c3ccc(Br)c(N)c3)n2)CCC1. The Morgan fingerprint density at radius 3 is 2.79 bits per heavy atom. The van der Waals surface area contributed by atoms with Crippen LogP contribution in [0, 0.1) is 0 Å². The van der Waals surface area contributed by atoms with Crippen molar-refractivity contribution in [1.82, 2.24) is 10.1 Å². The summed E-state index contributed by atoms with van der Waals surface area (Å²) in [6.45, 7) is 0. The number of hydrogen-bond donors (Lipinski definition) is 1. The highest BCUT2D eigenvalue weighted by atomic mass is 79.9. The van der Waals surface area contributed by atoms with Gasteiger partial charge in [-0.3, -0.25) is 0 Å². The molecule has 1 fully saturated rings. The summed E-state index contributed by atoms with van der Waals surface area (Å²) >= 11 is 3.36. The molecule has 1 aromatic carbocycles. The van der Waals surface area contributed by atoms with Gasteiger partial charge >= 0.3 is 0 Å². The van der Waals surface area contributed by atoms with Gasteiger partial charge in [0.1, 0.15) is 5.60 Å². The molecule has 0 spiro atoms. The van der Waals surface area contributed by atoms with Gasteiger partial charge in [0.15, 0.2) is 0 Å². The van der Waals surface area contributed by atoms with E-state index < -0.39 is 0 Å². The summed E-state index contributed by atoms with van der Waals surface area (Å²) in [6.07, 6.45) is 3.00. The normalized spacial score (nSPS) is 17.2. The fourth-order valence-corrected chi connectivity index (χ4v) is 2.47. The smallest absolute Gasteiger partial charge is 0.258 e. The van der Waals surface area contributed by atoms with Crippen LogP contribution in [0.1, 0.15) is 25.1 Å². The molecule has 2 N–H and O–H groups in total. The molecule has 100 valence electrons. The minimum absolute atomic E-state index is 0.358. The number of nitrogen functional groups attached to an aromatic ring is 1. The van der Waals surface area contributed by atoms with Crippen LogP contribution in [-0.4, -0.2) is 17.3 Å². The maximum Gasteiger partial charge on any atom is 0.258 e. The van der Waals surface area contributed by atoms with Gasteiger partial charge in [0.2, 0.25) is 5.82 Å². The third-order valence-corrected chi connectivity index (χ3v) is 4.35. The quantitative estimate of drug-likeness (QED) is 0.878. The second-order valence-corrected chi connectivity index (χ2v) is 5.57. The molecule has 19 heavy (non-hydrogen) atoms. The van der Waals surface area contributed by atoms with Crippen molar-refractivity contribution in [3.63, 3.8) is 0 Å². The zero-order valence-electron chi connectivity index (χ0n) is 10.5. The second-order valence-electron chi connectivity index (χ2n) is 4.71. The first kappa shape index (κ1) is 12.6. The Bertz CT molecular complexity index is 602. The van der Waals surface area contributed by atoms with E-state index in [1.54, 1.807) is 7.11 Å². The van der Waals surface area contributed by atoms with Crippen molar-refractivity contribution in [2.75, 3.05) is 12.8 Å². The molecule has 0 saturated heterocycles. The summed E-state index contributed by atoms with van der Waals surface area (Å²) in [4.78, 5) is 4.44. The van der Waals surface area contributed by atoms with Crippen LogP contribution in [0.4, 0.5) is 5.69 Å². The molecule has 0 bridgehead atoms. The molecule has 1 aliphatic carbocycles. The molecule has 0 aliphatic heterocycles. The van der Waals surface area contributed by atoms with Gasteiger partial charge in [-0.25, -0.2) is 0 Å². The van der Waals surface area contributed by atoms with Gasteiger partial charge < -0.3 is 15.0 Å². The minimum atomic E-state index is -0.358. The lowest BCUT2D eigenvalue weighted by Crippen LogP contribution is -2.37. The third kappa shape index (κ3) is 2.04. The first-order valence-corrected chi connectivity index (χ1v) is 6.89. The van der Waals surface area contributed by atoms with Crippen molar-refractivity contribution in [3.05, 3.63) is 28.5 Å². The monoisotopic (exact) mass is 323 g/mol. The third-order valence-electron chi connectivity index (χ3n) is 3.63. The predicted molar refractivity (Wildman–Crippen MR) is 74.4 cm³/mol. The zero-order valence-corrected chi connectivity index (χ0v) is 12.1. The molecule has 2 aromatic rings. The number of methoxy groups -OCH3 is 1. The van der Waals surface area contributed by atoms with Crippen LogP contribution in [0.2, 0.25) is 0 Å². The van der Waals surface area contributed by atoms with E-state index in [1.165, 1.54) is 0 Å². The lowest BCUT2D eigenvalue weighted by Gasteiger charge is -2.37. The van der Waals surface area contributed by atoms with Crippen molar-refractivity contribution < 1.29 is 9.26 Å². The molecule has 0 atom stereocenters. The fourth-order valence-electron chi connectivity index (χ4n) is 2.22. The topological polar surface area (TPSA) is 74.2 Å². The van der Waals surface area contributed by atoms with Gasteiger partial charge in [-0.05, 0) is 53.4 Å². The van der Waals surface area contributed by atoms with E-state index in [4.69, 9.17) is 15.0 Å². The Labute approximate surface area is 119 Å². The number of aromatic nitrogens is 2. The summed E-state index contributed by atoms with van der Waals surface area (Å²) in [5, 5.41) is 4.05. The fraction of sp³-hybridized carbons (Fsp3) is 0.385. The molecule has 1 aliphatic rings. The van der Waals surface area contributed by atoms with Gasteiger partial charge in [-0.2, -0.15) is 4.98 Å². The van der Waals surface area contributed by atoms with Gasteiger partial charge in [-0.15, -0.1) is 0 Å². The average Bonchev–Trinajstić information content (AvgIpc) is 2.82. The highest BCUT2D eigenvalue weighted by Crippen LogP contribution is 2.43. The highest BCUT2D eigenvalue weighted by molar-refractivity contribution is 9.10. The summed E-state index contributed by atoms with van der Waals surface area (Å²) in [5.74, 6) is 1.09. The number of nitrogens with two attached hydrogens (primary N) is 1. The van der Waals surface area contributed by atoms with Crippen molar-refractivity contribution in [2.24, 2.45) is 0 Å².